The van der Waals surface area contributed by atoms with Crippen LogP contribution >= 0.6 is 0 Å². The van der Waals surface area contributed by atoms with Crippen molar-refractivity contribution in [2.75, 3.05) is 12.0 Å². The van der Waals surface area contributed by atoms with Gasteiger partial charge in [-0.05, 0) is 59.9 Å². The van der Waals surface area contributed by atoms with Crippen molar-refractivity contribution < 1.29 is 58.9 Å². The number of fused-ring (bicyclic) bond motifs is 1. The molecule has 0 bridgehead atoms. The van der Waals surface area contributed by atoms with Gasteiger partial charge >= 0.3 is 30.7 Å². The van der Waals surface area contributed by atoms with Crippen LogP contribution in [-0.4, -0.2) is 35.3 Å². The van der Waals surface area contributed by atoms with E-state index in [0.717, 1.165) is 18.1 Å². The third-order valence-electron chi connectivity index (χ3n) is 6.53. The molecule has 6 nitrogen and oxygen atoms in total. The third-order valence-corrected chi connectivity index (χ3v) is 6.53. The molecule has 0 saturated heterocycles. The Kier molecular flexibility index (Phi) is 8.28. The van der Waals surface area contributed by atoms with Gasteiger partial charge in [0.1, 0.15) is 0 Å². The van der Waals surface area contributed by atoms with E-state index < -0.39 is 77.5 Å². The second-order valence-corrected chi connectivity index (χ2v) is 9.50. The van der Waals surface area contributed by atoms with Gasteiger partial charge in [-0.3, -0.25) is 9.80 Å². The molecule has 2 amide bonds. The minimum absolute atomic E-state index is 0.100. The first-order chi connectivity index (χ1) is 18.3. The fraction of sp³-hybridized carbons (Fsp3) is 0.440. The molecule has 0 aliphatic carbocycles. The van der Waals surface area contributed by atoms with Crippen molar-refractivity contribution in [1.82, 2.24) is 4.90 Å². The number of benzene rings is 2. The third kappa shape index (κ3) is 6.39. The summed E-state index contributed by atoms with van der Waals surface area (Å²) < 4.78 is 126. The van der Waals surface area contributed by atoms with Gasteiger partial charge < -0.3 is 9.84 Å². The number of ether oxygens (including phenoxy) is 1. The first-order valence-corrected chi connectivity index (χ1v) is 11.6. The molecule has 0 saturated carbocycles. The summed E-state index contributed by atoms with van der Waals surface area (Å²) in [6, 6.07) is 0.499. The largest absolute Gasteiger partial charge is 0.465 e. The summed E-state index contributed by atoms with van der Waals surface area (Å²) in [6.07, 6.45) is -18.3. The molecule has 0 radical (unpaired) electrons. The summed E-state index contributed by atoms with van der Waals surface area (Å²) in [5.41, 5.74) is -5.66. The lowest BCUT2D eigenvalue weighted by Crippen LogP contribution is -2.50. The summed E-state index contributed by atoms with van der Waals surface area (Å²) in [4.78, 5) is 26.5. The highest BCUT2D eigenvalue weighted by Gasteiger charge is 2.44. The number of amides is 2. The van der Waals surface area contributed by atoms with Crippen LogP contribution < -0.4 is 4.90 Å². The lowest BCUT2D eigenvalue weighted by Gasteiger charge is -2.44. The van der Waals surface area contributed by atoms with Crippen molar-refractivity contribution in [2.24, 2.45) is 5.92 Å². The van der Waals surface area contributed by atoms with Gasteiger partial charge in [0.15, 0.2) is 0 Å². The minimum Gasteiger partial charge on any atom is -0.465 e. The molecule has 3 rings (SSSR count). The molecule has 40 heavy (non-hydrogen) atoms. The van der Waals surface area contributed by atoms with Crippen molar-refractivity contribution in [3.8, 4) is 0 Å². The number of halogens is 9. The summed E-state index contributed by atoms with van der Waals surface area (Å²) in [5, 5.41) is 9.85. The van der Waals surface area contributed by atoms with Crippen molar-refractivity contribution in [2.45, 2.75) is 57.4 Å². The summed E-state index contributed by atoms with van der Waals surface area (Å²) >= 11 is 0. The van der Waals surface area contributed by atoms with Crippen LogP contribution in [0.4, 0.5) is 54.8 Å². The number of methoxy groups -OCH3 is 1. The van der Waals surface area contributed by atoms with Crippen LogP contribution in [-0.2, 0) is 29.8 Å². The Morgan fingerprint density at radius 2 is 1.45 bits per heavy atom. The predicted molar refractivity (Wildman–Crippen MR) is 122 cm³/mol. The van der Waals surface area contributed by atoms with Crippen molar-refractivity contribution >= 4 is 17.9 Å². The van der Waals surface area contributed by atoms with Gasteiger partial charge in [-0.1, -0.05) is 13.8 Å². The van der Waals surface area contributed by atoms with Gasteiger partial charge in [0, 0.05) is 12.6 Å². The Morgan fingerprint density at radius 1 is 0.925 bits per heavy atom. The highest BCUT2D eigenvalue weighted by atomic mass is 19.4. The fourth-order valence-electron chi connectivity index (χ4n) is 4.69. The van der Waals surface area contributed by atoms with E-state index in [1.54, 1.807) is 13.8 Å². The normalized spacial score (nSPS) is 18.0. The molecule has 0 fully saturated rings. The van der Waals surface area contributed by atoms with Crippen molar-refractivity contribution in [3.63, 3.8) is 0 Å². The monoisotopic (exact) mass is 586 g/mol. The average Bonchev–Trinajstić information content (AvgIpc) is 2.83. The van der Waals surface area contributed by atoms with E-state index in [1.807, 2.05) is 0 Å². The molecule has 0 aromatic heterocycles. The number of hydrogen-bond acceptors (Lipinski definition) is 3. The molecule has 1 heterocycles. The van der Waals surface area contributed by atoms with Crippen LogP contribution in [0.1, 0.15) is 54.1 Å². The summed E-state index contributed by atoms with van der Waals surface area (Å²) in [7, 11) is 0.877. The number of hydrogen-bond donors (Lipinski definition) is 1. The molecule has 0 unspecified atom stereocenters. The number of rotatable bonds is 4. The molecular weight excluding hydrogens is 563 g/mol. The average molecular weight is 586 g/mol. The molecule has 1 aliphatic rings. The molecule has 220 valence electrons. The summed E-state index contributed by atoms with van der Waals surface area (Å²) in [6.45, 7) is 2.30. The van der Waals surface area contributed by atoms with Gasteiger partial charge in [0.2, 0.25) is 0 Å². The van der Waals surface area contributed by atoms with Gasteiger partial charge in [0.25, 0.3) is 0 Å². The lowest BCUT2D eigenvalue weighted by atomic mass is 9.84. The van der Waals surface area contributed by atoms with Crippen LogP contribution in [0.5, 0.6) is 0 Å². The van der Waals surface area contributed by atoms with Crippen molar-refractivity contribution in [1.29, 1.82) is 0 Å². The second-order valence-electron chi connectivity index (χ2n) is 9.50. The van der Waals surface area contributed by atoms with Crippen LogP contribution in [0.3, 0.4) is 0 Å². The van der Waals surface area contributed by atoms with E-state index in [2.05, 4.69) is 0 Å². The van der Waals surface area contributed by atoms with Gasteiger partial charge in [0.05, 0.1) is 35.5 Å². The molecule has 2 aromatic carbocycles. The quantitative estimate of drug-likeness (QED) is 0.369. The molecule has 15 heteroatoms. The number of anilines is 1. The Morgan fingerprint density at radius 3 is 1.88 bits per heavy atom. The Hall–Kier alpha value is -3.65. The van der Waals surface area contributed by atoms with E-state index in [0.29, 0.717) is 29.2 Å². The zero-order valence-corrected chi connectivity index (χ0v) is 21.1. The van der Waals surface area contributed by atoms with Crippen LogP contribution in [0.25, 0.3) is 0 Å². The Labute approximate surface area is 221 Å². The molecule has 1 N–H and O–H groups in total. The first-order valence-electron chi connectivity index (χ1n) is 11.6. The maximum absolute atomic E-state index is 13.6. The molecule has 0 spiro atoms. The molecule has 2 aromatic rings. The Balaban J connectivity index is 2.25. The number of nitrogens with zero attached hydrogens (tertiary/aromatic N) is 2. The van der Waals surface area contributed by atoms with Crippen molar-refractivity contribution in [3.05, 3.63) is 64.2 Å². The van der Waals surface area contributed by atoms with Crippen LogP contribution in [0.15, 0.2) is 36.4 Å². The van der Waals surface area contributed by atoms with E-state index in [4.69, 9.17) is 4.74 Å². The van der Waals surface area contributed by atoms with E-state index in [9.17, 15) is 54.2 Å². The highest BCUT2D eigenvalue weighted by molar-refractivity contribution is 5.89. The smallest absolute Gasteiger partial charge is 0.416 e. The molecule has 2 atom stereocenters. The fourth-order valence-corrected chi connectivity index (χ4v) is 4.69. The van der Waals surface area contributed by atoms with E-state index >= 15 is 0 Å². The Bertz CT molecular complexity index is 1240. The number of alkyl halides is 9. The highest BCUT2D eigenvalue weighted by Crippen LogP contribution is 2.46. The topological polar surface area (TPSA) is 70.1 Å². The lowest BCUT2D eigenvalue weighted by molar-refractivity contribution is -0.143. The maximum Gasteiger partial charge on any atom is 0.416 e. The first kappa shape index (κ1) is 30.9. The standard InChI is InChI=1S/C25H23F9N2O4/c1-12(2)19-10-20(17-9-14(23(26,27)28)4-5-18(17)36(19)21(37)38)35(22(39)40-3)11-13-6-15(24(29,30)31)8-16(7-13)25(32,33)34/h4-9,12,19-20H,10-11H2,1-3H3,(H,37,38)/t19-,20-/m1/s1. The maximum atomic E-state index is 13.6. The zero-order chi connectivity index (χ0) is 30.4. The zero-order valence-electron chi connectivity index (χ0n) is 21.1. The van der Waals surface area contributed by atoms with Crippen LogP contribution in [0.2, 0.25) is 0 Å². The SMILES string of the molecule is COC(=O)N(Cc1cc(C(F)(F)F)cc(C(F)(F)F)c1)[C@@H]1C[C@H](C(C)C)N(C(=O)O)c2ccc(C(F)(F)F)cc21. The van der Waals surface area contributed by atoms with Crippen LogP contribution in [0, 0.1) is 5.92 Å². The number of carbonyl (C=O) groups excluding carboxylic acids is 1. The van der Waals surface area contributed by atoms with E-state index in [1.165, 1.54) is 0 Å². The van der Waals surface area contributed by atoms with Gasteiger partial charge in [-0.25, -0.2) is 9.59 Å². The van der Waals surface area contributed by atoms with E-state index in [-0.39, 0.29) is 23.7 Å². The van der Waals surface area contributed by atoms with Gasteiger partial charge in [-0.2, -0.15) is 39.5 Å². The minimum atomic E-state index is -5.18. The predicted octanol–water partition coefficient (Wildman–Crippen LogP) is 7.97. The summed E-state index contributed by atoms with van der Waals surface area (Å²) in [5.74, 6) is -0.459. The number of carboxylic acid groups (broad SMARTS) is 1. The number of carbonyl (C=O) groups is 2. The second kappa shape index (κ2) is 10.7. The van der Waals surface area contributed by atoms with Gasteiger partial charge in [-0.15, -0.1) is 0 Å². The molecular formula is C25H23F9N2O4. The molecule has 1 aliphatic heterocycles.